The molecular formula is C14H12BrCl2N. The molecule has 1 nitrogen and oxygen atoms in total. The first-order chi connectivity index (χ1) is 8.59. The molecule has 0 amide bonds. The number of aromatic nitrogens is 1. The first kappa shape index (κ1) is 13.9. The van der Waals surface area contributed by atoms with Gasteiger partial charge in [-0.2, -0.15) is 0 Å². The predicted octanol–water partition coefficient (Wildman–Crippen LogP) is 5.63. The zero-order valence-electron chi connectivity index (χ0n) is 9.78. The third-order valence-corrected chi connectivity index (χ3v) is 4.99. The standard InChI is InChI=1S/C14H12BrCl2N/c1-9(10-4-6-18-7-5-10)14(15)11-2-3-12(16)13(17)8-11/h2-9,14H,1H3. The lowest BCUT2D eigenvalue weighted by Gasteiger charge is -2.19. The largest absolute Gasteiger partial charge is 0.265 e. The number of alkyl halides is 1. The van der Waals surface area contributed by atoms with Gasteiger partial charge >= 0.3 is 0 Å². The summed E-state index contributed by atoms with van der Waals surface area (Å²) in [7, 11) is 0. The Morgan fingerprint density at radius 1 is 1.00 bits per heavy atom. The van der Waals surface area contributed by atoms with E-state index in [-0.39, 0.29) is 4.83 Å². The van der Waals surface area contributed by atoms with Crippen LogP contribution in [0.5, 0.6) is 0 Å². The Morgan fingerprint density at radius 2 is 1.67 bits per heavy atom. The smallest absolute Gasteiger partial charge is 0.0595 e. The first-order valence-electron chi connectivity index (χ1n) is 5.58. The Hall–Kier alpha value is -0.570. The lowest BCUT2D eigenvalue weighted by molar-refractivity contribution is 0.750. The maximum Gasteiger partial charge on any atom is 0.0595 e. The molecule has 4 heteroatoms. The summed E-state index contributed by atoms with van der Waals surface area (Å²) < 4.78 is 0. The third-order valence-electron chi connectivity index (χ3n) is 2.93. The van der Waals surface area contributed by atoms with E-state index in [1.165, 1.54) is 5.56 Å². The normalized spacial score (nSPS) is 14.2. The first-order valence-corrected chi connectivity index (χ1v) is 7.25. The highest BCUT2D eigenvalue weighted by Gasteiger charge is 2.18. The van der Waals surface area contributed by atoms with Crippen LogP contribution in [0.1, 0.15) is 28.8 Å². The quantitative estimate of drug-likeness (QED) is 0.657. The second-order valence-corrected chi connectivity index (χ2v) is 5.95. The van der Waals surface area contributed by atoms with Crippen molar-refractivity contribution < 1.29 is 0 Å². The molecule has 0 spiro atoms. The van der Waals surface area contributed by atoms with E-state index in [0.29, 0.717) is 16.0 Å². The molecule has 0 aliphatic heterocycles. The number of hydrogen-bond donors (Lipinski definition) is 0. The minimum Gasteiger partial charge on any atom is -0.265 e. The molecule has 0 radical (unpaired) electrons. The summed E-state index contributed by atoms with van der Waals surface area (Å²) in [6.45, 7) is 2.16. The number of rotatable bonds is 3. The van der Waals surface area contributed by atoms with Crippen LogP contribution >= 0.6 is 39.1 Å². The average molecular weight is 345 g/mol. The Kier molecular flexibility index (Phi) is 4.66. The maximum absolute atomic E-state index is 6.05. The van der Waals surface area contributed by atoms with Crippen LogP contribution in [0.25, 0.3) is 0 Å². The van der Waals surface area contributed by atoms with Gasteiger partial charge in [-0.15, -0.1) is 0 Å². The SMILES string of the molecule is CC(c1ccncc1)C(Br)c1ccc(Cl)c(Cl)c1. The molecule has 1 heterocycles. The molecular weight excluding hydrogens is 333 g/mol. The van der Waals surface area contributed by atoms with Gasteiger partial charge in [0.25, 0.3) is 0 Å². The lowest BCUT2D eigenvalue weighted by atomic mass is 9.94. The molecule has 18 heavy (non-hydrogen) atoms. The molecule has 1 aromatic carbocycles. The van der Waals surface area contributed by atoms with Gasteiger partial charge in [0.2, 0.25) is 0 Å². The molecule has 2 atom stereocenters. The van der Waals surface area contributed by atoms with E-state index in [2.05, 4.69) is 27.8 Å². The van der Waals surface area contributed by atoms with Crippen LogP contribution in [0.3, 0.4) is 0 Å². The molecule has 2 aromatic rings. The van der Waals surface area contributed by atoms with Gasteiger partial charge in [0.15, 0.2) is 0 Å². The summed E-state index contributed by atoms with van der Waals surface area (Å²) in [5.74, 6) is 0.324. The van der Waals surface area contributed by atoms with Gasteiger partial charge in [-0.3, -0.25) is 4.98 Å². The molecule has 0 aliphatic carbocycles. The third kappa shape index (κ3) is 3.05. The summed E-state index contributed by atoms with van der Waals surface area (Å²) in [6, 6.07) is 9.77. The Bertz CT molecular complexity index is 531. The minimum absolute atomic E-state index is 0.190. The van der Waals surface area contributed by atoms with E-state index in [0.717, 1.165) is 5.56 Å². The molecule has 1 aromatic heterocycles. The Labute approximate surface area is 125 Å². The van der Waals surface area contributed by atoms with E-state index in [1.807, 2.05) is 30.3 Å². The van der Waals surface area contributed by atoms with Crippen LogP contribution in [0.4, 0.5) is 0 Å². The molecule has 2 unspecified atom stereocenters. The Balaban J connectivity index is 2.25. The summed E-state index contributed by atoms with van der Waals surface area (Å²) in [5, 5.41) is 1.16. The van der Waals surface area contributed by atoms with Crippen LogP contribution < -0.4 is 0 Å². The average Bonchev–Trinajstić information content (AvgIpc) is 2.41. The zero-order chi connectivity index (χ0) is 13.1. The maximum atomic E-state index is 6.05. The van der Waals surface area contributed by atoms with Gasteiger partial charge in [0.05, 0.1) is 10.0 Å². The fraction of sp³-hybridized carbons (Fsp3) is 0.214. The highest BCUT2D eigenvalue weighted by Crippen LogP contribution is 2.39. The molecule has 2 rings (SSSR count). The lowest BCUT2D eigenvalue weighted by Crippen LogP contribution is -2.02. The predicted molar refractivity (Wildman–Crippen MR) is 80.8 cm³/mol. The molecule has 0 N–H and O–H groups in total. The van der Waals surface area contributed by atoms with Crippen LogP contribution in [-0.4, -0.2) is 4.98 Å². The van der Waals surface area contributed by atoms with Gasteiger partial charge < -0.3 is 0 Å². The topological polar surface area (TPSA) is 12.9 Å². The summed E-state index contributed by atoms with van der Waals surface area (Å²) in [5.41, 5.74) is 2.35. The van der Waals surface area contributed by atoms with E-state index >= 15 is 0 Å². The van der Waals surface area contributed by atoms with Gasteiger partial charge in [-0.25, -0.2) is 0 Å². The van der Waals surface area contributed by atoms with Crippen molar-refractivity contribution in [1.82, 2.24) is 4.98 Å². The van der Waals surface area contributed by atoms with Crippen LogP contribution in [0, 0.1) is 0 Å². The Morgan fingerprint density at radius 3 is 2.28 bits per heavy atom. The summed E-state index contributed by atoms with van der Waals surface area (Å²) in [6.07, 6.45) is 3.61. The van der Waals surface area contributed by atoms with Gasteiger partial charge in [0, 0.05) is 17.2 Å². The van der Waals surface area contributed by atoms with Crippen LogP contribution in [0.2, 0.25) is 10.0 Å². The molecule has 94 valence electrons. The molecule has 0 saturated carbocycles. The van der Waals surface area contributed by atoms with E-state index < -0.39 is 0 Å². The number of benzene rings is 1. The van der Waals surface area contributed by atoms with Gasteiger partial charge in [0.1, 0.15) is 0 Å². The van der Waals surface area contributed by atoms with Crippen molar-refractivity contribution in [2.45, 2.75) is 17.7 Å². The summed E-state index contributed by atoms with van der Waals surface area (Å²) in [4.78, 5) is 4.22. The van der Waals surface area contributed by atoms with Crippen molar-refractivity contribution in [3.63, 3.8) is 0 Å². The van der Waals surface area contributed by atoms with Crippen molar-refractivity contribution in [3.8, 4) is 0 Å². The van der Waals surface area contributed by atoms with Crippen LogP contribution in [0.15, 0.2) is 42.7 Å². The van der Waals surface area contributed by atoms with Crippen molar-refractivity contribution in [2.24, 2.45) is 0 Å². The highest BCUT2D eigenvalue weighted by molar-refractivity contribution is 9.09. The van der Waals surface area contributed by atoms with Crippen molar-refractivity contribution in [1.29, 1.82) is 0 Å². The van der Waals surface area contributed by atoms with Gasteiger partial charge in [-0.1, -0.05) is 52.1 Å². The van der Waals surface area contributed by atoms with Crippen molar-refractivity contribution in [2.75, 3.05) is 0 Å². The molecule has 0 fully saturated rings. The second-order valence-electron chi connectivity index (χ2n) is 4.14. The number of nitrogens with zero attached hydrogens (tertiary/aromatic N) is 1. The summed E-state index contributed by atoms with van der Waals surface area (Å²) >= 11 is 15.7. The number of halogens is 3. The molecule has 0 bridgehead atoms. The van der Waals surface area contributed by atoms with E-state index in [9.17, 15) is 0 Å². The number of pyridine rings is 1. The monoisotopic (exact) mass is 343 g/mol. The van der Waals surface area contributed by atoms with E-state index in [4.69, 9.17) is 23.2 Å². The highest BCUT2D eigenvalue weighted by atomic mass is 79.9. The zero-order valence-corrected chi connectivity index (χ0v) is 12.9. The second kappa shape index (κ2) is 6.05. The van der Waals surface area contributed by atoms with Crippen molar-refractivity contribution in [3.05, 3.63) is 63.9 Å². The molecule has 0 aliphatic rings. The minimum atomic E-state index is 0.190. The molecule has 0 saturated heterocycles. The van der Waals surface area contributed by atoms with Gasteiger partial charge in [-0.05, 0) is 41.3 Å². The van der Waals surface area contributed by atoms with Crippen molar-refractivity contribution >= 4 is 39.1 Å². The van der Waals surface area contributed by atoms with Crippen LogP contribution in [-0.2, 0) is 0 Å². The fourth-order valence-electron chi connectivity index (χ4n) is 1.81. The number of hydrogen-bond acceptors (Lipinski definition) is 1. The fourth-order valence-corrected chi connectivity index (χ4v) is 2.71. The van der Waals surface area contributed by atoms with E-state index in [1.54, 1.807) is 12.4 Å².